The van der Waals surface area contributed by atoms with Crippen LogP contribution in [-0.2, 0) is 4.79 Å². The first-order valence-electron chi connectivity index (χ1n) is 6.55. The Morgan fingerprint density at radius 3 is 2.72 bits per heavy atom. The van der Waals surface area contributed by atoms with Crippen LogP contribution in [0.2, 0.25) is 0 Å². The predicted molar refractivity (Wildman–Crippen MR) is 66.3 cm³/mol. The van der Waals surface area contributed by atoms with Crippen molar-refractivity contribution < 1.29 is 9.90 Å². The third-order valence-corrected chi connectivity index (χ3v) is 4.16. The van der Waals surface area contributed by atoms with E-state index < -0.39 is 12.0 Å². The Morgan fingerprint density at radius 2 is 2.00 bits per heavy atom. The monoisotopic (exact) mass is 247 g/mol. The minimum Gasteiger partial charge on any atom is -0.480 e. The fourth-order valence-corrected chi connectivity index (χ4v) is 3.39. The molecule has 0 spiro atoms. The molecule has 1 aromatic rings. The molecule has 18 heavy (non-hydrogen) atoms. The SMILES string of the molecule is O=C(O)[C@@H]1C[C@H]2CCCC[C@@H]2N1c1ncccn1. The van der Waals surface area contributed by atoms with E-state index in [0.29, 0.717) is 17.9 Å². The van der Waals surface area contributed by atoms with Gasteiger partial charge in [-0.25, -0.2) is 14.8 Å². The molecule has 0 unspecified atom stereocenters. The summed E-state index contributed by atoms with van der Waals surface area (Å²) in [5.41, 5.74) is 0. The fourth-order valence-electron chi connectivity index (χ4n) is 3.39. The Kier molecular flexibility index (Phi) is 2.89. The molecule has 3 atom stereocenters. The van der Waals surface area contributed by atoms with E-state index >= 15 is 0 Å². The highest BCUT2D eigenvalue weighted by atomic mass is 16.4. The van der Waals surface area contributed by atoms with Crippen LogP contribution < -0.4 is 4.90 Å². The summed E-state index contributed by atoms with van der Waals surface area (Å²) in [4.78, 5) is 21.8. The van der Waals surface area contributed by atoms with Gasteiger partial charge in [0.15, 0.2) is 0 Å². The summed E-state index contributed by atoms with van der Waals surface area (Å²) < 4.78 is 0. The van der Waals surface area contributed by atoms with Gasteiger partial charge in [-0.15, -0.1) is 0 Å². The molecule has 5 heteroatoms. The molecule has 5 nitrogen and oxygen atoms in total. The largest absolute Gasteiger partial charge is 0.480 e. The highest BCUT2D eigenvalue weighted by molar-refractivity contribution is 5.78. The van der Waals surface area contributed by atoms with Gasteiger partial charge in [0.2, 0.25) is 5.95 Å². The van der Waals surface area contributed by atoms with Crippen LogP contribution in [0.15, 0.2) is 18.5 Å². The summed E-state index contributed by atoms with van der Waals surface area (Å²) in [6.45, 7) is 0. The second kappa shape index (κ2) is 4.55. The number of nitrogens with zero attached hydrogens (tertiary/aromatic N) is 3. The molecule has 1 aliphatic carbocycles. The average Bonchev–Trinajstić information content (AvgIpc) is 2.79. The van der Waals surface area contributed by atoms with E-state index in [1.54, 1.807) is 18.5 Å². The quantitative estimate of drug-likeness (QED) is 0.861. The molecule has 2 heterocycles. The second-order valence-corrected chi connectivity index (χ2v) is 5.16. The zero-order valence-electron chi connectivity index (χ0n) is 10.2. The standard InChI is InChI=1S/C13H17N3O2/c17-12(18)11-8-9-4-1-2-5-10(9)16(11)13-14-6-3-7-15-13/h3,6-7,9-11H,1-2,4-5,8H2,(H,17,18)/t9-,10+,11+/m1/s1. The van der Waals surface area contributed by atoms with Crippen LogP contribution in [-0.4, -0.2) is 33.1 Å². The van der Waals surface area contributed by atoms with E-state index in [4.69, 9.17) is 0 Å². The van der Waals surface area contributed by atoms with Crippen LogP contribution in [0.25, 0.3) is 0 Å². The normalized spacial score (nSPS) is 31.1. The van der Waals surface area contributed by atoms with Crippen LogP contribution in [0, 0.1) is 5.92 Å². The molecule has 0 radical (unpaired) electrons. The molecule has 3 rings (SSSR count). The van der Waals surface area contributed by atoms with Crippen molar-refractivity contribution in [2.75, 3.05) is 4.90 Å². The first kappa shape index (κ1) is 11.4. The van der Waals surface area contributed by atoms with Crippen molar-refractivity contribution >= 4 is 11.9 Å². The molecule has 0 bridgehead atoms. The van der Waals surface area contributed by atoms with Gasteiger partial charge in [0, 0.05) is 18.4 Å². The Morgan fingerprint density at radius 1 is 1.28 bits per heavy atom. The molecule has 1 aromatic heterocycles. The van der Waals surface area contributed by atoms with Gasteiger partial charge in [-0.05, 0) is 31.2 Å². The number of carbonyl (C=O) groups is 1. The number of aliphatic carboxylic acids is 1. The molecule has 2 fully saturated rings. The van der Waals surface area contributed by atoms with Crippen molar-refractivity contribution in [1.82, 2.24) is 9.97 Å². The zero-order valence-corrected chi connectivity index (χ0v) is 10.2. The molecule has 2 aliphatic rings. The molecule has 1 saturated heterocycles. The lowest BCUT2D eigenvalue weighted by Crippen LogP contribution is -2.43. The number of carboxylic acid groups (broad SMARTS) is 1. The molecule has 96 valence electrons. The maximum atomic E-state index is 11.4. The van der Waals surface area contributed by atoms with Crippen molar-refractivity contribution in [3.8, 4) is 0 Å². The minimum atomic E-state index is -0.753. The number of carboxylic acids is 1. The van der Waals surface area contributed by atoms with Crippen molar-refractivity contribution in [3.05, 3.63) is 18.5 Å². The minimum absolute atomic E-state index is 0.308. The van der Waals surface area contributed by atoms with Gasteiger partial charge in [-0.3, -0.25) is 0 Å². The van der Waals surface area contributed by atoms with E-state index in [-0.39, 0.29) is 0 Å². The van der Waals surface area contributed by atoms with E-state index in [1.165, 1.54) is 12.8 Å². The Bertz CT molecular complexity index is 437. The molecule has 1 N–H and O–H groups in total. The third kappa shape index (κ3) is 1.83. The predicted octanol–water partition coefficient (Wildman–Crippen LogP) is 1.70. The number of rotatable bonds is 2. The zero-order chi connectivity index (χ0) is 12.5. The van der Waals surface area contributed by atoms with Gasteiger partial charge >= 0.3 is 5.97 Å². The van der Waals surface area contributed by atoms with Crippen molar-refractivity contribution in [2.45, 2.75) is 44.2 Å². The Balaban J connectivity index is 1.94. The van der Waals surface area contributed by atoms with Crippen LogP contribution >= 0.6 is 0 Å². The topological polar surface area (TPSA) is 66.3 Å². The Hall–Kier alpha value is -1.65. The third-order valence-electron chi connectivity index (χ3n) is 4.16. The first-order valence-corrected chi connectivity index (χ1v) is 6.55. The lowest BCUT2D eigenvalue weighted by atomic mass is 9.85. The number of hydrogen-bond donors (Lipinski definition) is 1. The number of hydrogen-bond acceptors (Lipinski definition) is 4. The van der Waals surface area contributed by atoms with Gasteiger partial charge in [0.05, 0.1) is 0 Å². The van der Waals surface area contributed by atoms with Gasteiger partial charge in [0.25, 0.3) is 0 Å². The summed E-state index contributed by atoms with van der Waals surface area (Å²) in [6.07, 6.45) is 8.69. The van der Waals surface area contributed by atoms with Crippen LogP contribution in [0.1, 0.15) is 32.1 Å². The lowest BCUT2D eigenvalue weighted by Gasteiger charge is -2.32. The Labute approximate surface area is 106 Å². The lowest BCUT2D eigenvalue weighted by molar-refractivity contribution is -0.138. The van der Waals surface area contributed by atoms with Gasteiger partial charge in [-0.1, -0.05) is 12.8 Å². The fraction of sp³-hybridized carbons (Fsp3) is 0.615. The maximum Gasteiger partial charge on any atom is 0.326 e. The van der Waals surface area contributed by atoms with Crippen LogP contribution in [0.5, 0.6) is 0 Å². The van der Waals surface area contributed by atoms with E-state index in [9.17, 15) is 9.90 Å². The second-order valence-electron chi connectivity index (χ2n) is 5.16. The summed E-state index contributed by atoms with van der Waals surface area (Å²) >= 11 is 0. The van der Waals surface area contributed by atoms with E-state index in [2.05, 4.69) is 9.97 Å². The number of aromatic nitrogens is 2. The van der Waals surface area contributed by atoms with Gasteiger partial charge in [-0.2, -0.15) is 0 Å². The molecular formula is C13H17N3O2. The molecule has 0 amide bonds. The van der Waals surface area contributed by atoms with E-state index in [0.717, 1.165) is 19.3 Å². The maximum absolute atomic E-state index is 11.4. The van der Waals surface area contributed by atoms with Crippen LogP contribution in [0.4, 0.5) is 5.95 Å². The van der Waals surface area contributed by atoms with Crippen molar-refractivity contribution in [1.29, 1.82) is 0 Å². The van der Waals surface area contributed by atoms with E-state index in [1.807, 2.05) is 4.90 Å². The van der Waals surface area contributed by atoms with Gasteiger partial charge < -0.3 is 10.0 Å². The number of anilines is 1. The molecule has 1 saturated carbocycles. The van der Waals surface area contributed by atoms with Crippen LogP contribution in [0.3, 0.4) is 0 Å². The highest BCUT2D eigenvalue weighted by Crippen LogP contribution is 2.41. The number of fused-ring (bicyclic) bond motifs is 1. The summed E-state index contributed by atoms with van der Waals surface area (Å²) in [6, 6.07) is 1.61. The summed E-state index contributed by atoms with van der Waals surface area (Å²) in [7, 11) is 0. The summed E-state index contributed by atoms with van der Waals surface area (Å²) in [5.74, 6) is 0.305. The van der Waals surface area contributed by atoms with Crippen molar-refractivity contribution in [3.63, 3.8) is 0 Å². The smallest absolute Gasteiger partial charge is 0.326 e. The van der Waals surface area contributed by atoms with Crippen molar-refractivity contribution in [2.24, 2.45) is 5.92 Å². The summed E-state index contributed by atoms with van der Waals surface area (Å²) in [5, 5.41) is 9.39. The first-order chi connectivity index (χ1) is 8.77. The van der Waals surface area contributed by atoms with Gasteiger partial charge in [0.1, 0.15) is 6.04 Å². The highest BCUT2D eigenvalue weighted by Gasteiger charge is 2.46. The average molecular weight is 247 g/mol. The molecular weight excluding hydrogens is 230 g/mol. The molecule has 1 aliphatic heterocycles. The molecule has 0 aromatic carbocycles.